The smallest absolute Gasteiger partial charge is 0.153 e. The quantitative estimate of drug-likeness (QED) is 0.822. The topological polar surface area (TPSA) is 66.8 Å². The first-order chi connectivity index (χ1) is 10.1. The highest BCUT2D eigenvalue weighted by Gasteiger charge is 1.99. The van der Waals surface area contributed by atoms with Gasteiger partial charge in [0.25, 0.3) is 0 Å². The average Bonchev–Trinajstić information content (AvgIpc) is 2.52. The average molecular weight is 290 g/mol. The number of methoxy groups -OCH3 is 1. The van der Waals surface area contributed by atoms with Crippen molar-refractivity contribution in [3.05, 3.63) is 53.6 Å². The van der Waals surface area contributed by atoms with Crippen molar-refractivity contribution in [3.8, 4) is 17.2 Å². The Morgan fingerprint density at radius 3 is 1.95 bits per heavy atom. The molecule has 2 N–H and O–H groups in total. The molecule has 0 aliphatic carbocycles. The number of rotatable bonds is 2. The number of hydrogen-bond acceptors (Lipinski definition) is 4. The molecule has 4 heteroatoms. The van der Waals surface area contributed by atoms with E-state index in [1.54, 1.807) is 18.2 Å². The molecular formula is C17H22O4. The van der Waals surface area contributed by atoms with Crippen molar-refractivity contribution in [1.82, 2.24) is 0 Å². The van der Waals surface area contributed by atoms with Crippen molar-refractivity contribution >= 4 is 6.29 Å². The number of carbonyl (C=O) groups excluding carboxylic acids is 1. The molecule has 0 aromatic heterocycles. The van der Waals surface area contributed by atoms with Gasteiger partial charge in [0.2, 0.25) is 0 Å². The summed E-state index contributed by atoms with van der Waals surface area (Å²) in [4.78, 5) is 10.2. The van der Waals surface area contributed by atoms with Crippen molar-refractivity contribution < 1.29 is 19.7 Å². The predicted octanol–water partition coefficient (Wildman–Crippen LogP) is 3.94. The molecule has 0 radical (unpaired) electrons. The molecule has 0 aliphatic heterocycles. The molecule has 0 atom stereocenters. The van der Waals surface area contributed by atoms with E-state index in [1.165, 1.54) is 24.8 Å². The summed E-state index contributed by atoms with van der Waals surface area (Å²) >= 11 is 0. The Hall–Kier alpha value is -2.49. The monoisotopic (exact) mass is 290 g/mol. The molecule has 4 nitrogen and oxygen atoms in total. The van der Waals surface area contributed by atoms with Crippen molar-refractivity contribution in [2.75, 3.05) is 7.11 Å². The fraction of sp³-hybridized carbons (Fsp3) is 0.235. The van der Waals surface area contributed by atoms with Crippen LogP contribution in [0, 0.1) is 6.92 Å². The minimum atomic E-state index is -0.0562. The van der Waals surface area contributed by atoms with E-state index in [4.69, 9.17) is 14.9 Å². The van der Waals surface area contributed by atoms with E-state index >= 15 is 0 Å². The van der Waals surface area contributed by atoms with Gasteiger partial charge in [0.1, 0.15) is 17.2 Å². The van der Waals surface area contributed by atoms with Gasteiger partial charge in [0.05, 0.1) is 12.7 Å². The Bertz CT molecular complexity index is 512. The Morgan fingerprint density at radius 1 is 1.00 bits per heavy atom. The molecule has 0 saturated heterocycles. The zero-order chi connectivity index (χ0) is 16.3. The summed E-state index contributed by atoms with van der Waals surface area (Å²) < 4.78 is 4.82. The number of phenolic OH excluding ortho intramolecular Hbond substituents is 2. The summed E-state index contributed by atoms with van der Waals surface area (Å²) in [6.07, 6.45) is 0.592. The lowest BCUT2D eigenvalue weighted by atomic mass is 10.2. The number of hydrogen-bond donors (Lipinski definition) is 2. The third-order valence-corrected chi connectivity index (χ3v) is 2.40. The van der Waals surface area contributed by atoms with Crippen LogP contribution in [0.1, 0.15) is 29.8 Å². The van der Waals surface area contributed by atoms with Crippen molar-refractivity contribution in [2.24, 2.45) is 0 Å². The molecule has 2 aromatic rings. The maximum atomic E-state index is 10.2. The summed E-state index contributed by atoms with van der Waals surface area (Å²) in [5, 5.41) is 17.9. The van der Waals surface area contributed by atoms with Crippen LogP contribution < -0.4 is 4.74 Å². The first-order valence-corrected chi connectivity index (χ1v) is 6.64. The first-order valence-electron chi connectivity index (χ1n) is 6.64. The molecule has 2 aromatic carbocycles. The van der Waals surface area contributed by atoms with E-state index in [2.05, 4.69) is 0 Å². The molecule has 21 heavy (non-hydrogen) atoms. The largest absolute Gasteiger partial charge is 0.508 e. The van der Waals surface area contributed by atoms with Crippen LogP contribution in [0.3, 0.4) is 0 Å². The maximum absolute atomic E-state index is 10.2. The molecule has 114 valence electrons. The van der Waals surface area contributed by atoms with E-state index in [1.807, 2.05) is 32.9 Å². The van der Waals surface area contributed by atoms with Gasteiger partial charge < -0.3 is 14.9 Å². The van der Waals surface area contributed by atoms with Gasteiger partial charge in [-0.2, -0.15) is 0 Å². The maximum Gasteiger partial charge on any atom is 0.153 e. The molecule has 2 rings (SSSR count). The van der Waals surface area contributed by atoms with E-state index in [-0.39, 0.29) is 11.3 Å². The van der Waals surface area contributed by atoms with Crippen LogP contribution in [0.5, 0.6) is 17.2 Å². The van der Waals surface area contributed by atoms with Gasteiger partial charge in [0, 0.05) is 6.07 Å². The lowest BCUT2D eigenvalue weighted by molar-refractivity contribution is 0.112. The molecule has 0 unspecified atom stereocenters. The number of aldehydes is 1. The molecule has 0 amide bonds. The molecular weight excluding hydrogens is 268 g/mol. The standard InChI is InChI=1S/C8H8O3.C7H8O.C2H6/c1-11-7-3-2-6(5-9)8(10)4-7;1-6-2-4-7(8)5-3-6;1-2/h2-5,10H,1H3;2-5,8H,1H3;1-2H3. The van der Waals surface area contributed by atoms with Crippen LogP contribution in [-0.4, -0.2) is 23.6 Å². The summed E-state index contributed by atoms with van der Waals surface area (Å²) in [5.41, 5.74) is 1.44. The lowest BCUT2D eigenvalue weighted by Gasteiger charge is -2.00. The summed E-state index contributed by atoms with van der Waals surface area (Å²) in [6, 6.07) is 11.6. The Balaban J connectivity index is 0.000000354. The highest BCUT2D eigenvalue weighted by molar-refractivity contribution is 5.79. The molecule has 0 heterocycles. The summed E-state index contributed by atoms with van der Waals surface area (Å²) in [6.45, 7) is 5.99. The number of aryl methyl sites for hydroxylation is 1. The Kier molecular flexibility index (Phi) is 9.09. The minimum absolute atomic E-state index is 0.0562. The molecule has 0 aliphatic rings. The summed E-state index contributed by atoms with van der Waals surface area (Å²) in [5.74, 6) is 0.808. The highest BCUT2D eigenvalue weighted by atomic mass is 16.5. The SMILES string of the molecule is CC.COc1ccc(C=O)c(O)c1.Cc1ccc(O)cc1. The second-order valence-corrected chi connectivity index (χ2v) is 3.88. The Labute approximate surface area is 125 Å². The number of benzene rings is 2. The number of ether oxygens (including phenoxy) is 1. The number of carbonyl (C=O) groups is 1. The molecule has 0 bridgehead atoms. The van der Waals surface area contributed by atoms with Gasteiger partial charge in [-0.25, -0.2) is 0 Å². The second-order valence-electron chi connectivity index (χ2n) is 3.88. The highest BCUT2D eigenvalue weighted by Crippen LogP contribution is 2.21. The van der Waals surface area contributed by atoms with Gasteiger partial charge in [-0.15, -0.1) is 0 Å². The van der Waals surface area contributed by atoms with Gasteiger partial charge in [0.15, 0.2) is 6.29 Å². The van der Waals surface area contributed by atoms with Crippen molar-refractivity contribution in [2.45, 2.75) is 20.8 Å². The molecule has 0 fully saturated rings. The van der Waals surface area contributed by atoms with Crippen LogP contribution in [0.25, 0.3) is 0 Å². The third-order valence-electron chi connectivity index (χ3n) is 2.40. The fourth-order valence-electron chi connectivity index (χ4n) is 1.29. The van der Waals surface area contributed by atoms with Gasteiger partial charge in [-0.05, 0) is 31.2 Å². The fourth-order valence-corrected chi connectivity index (χ4v) is 1.29. The van der Waals surface area contributed by atoms with Crippen LogP contribution in [0.15, 0.2) is 42.5 Å². The molecule has 0 saturated carbocycles. The van der Waals surface area contributed by atoms with E-state index in [9.17, 15) is 4.79 Å². The van der Waals surface area contributed by atoms with Gasteiger partial charge in [-0.1, -0.05) is 31.5 Å². The van der Waals surface area contributed by atoms with Crippen molar-refractivity contribution in [1.29, 1.82) is 0 Å². The summed E-state index contributed by atoms with van der Waals surface area (Å²) in [7, 11) is 1.50. The van der Waals surface area contributed by atoms with E-state index < -0.39 is 0 Å². The first kappa shape index (κ1) is 18.5. The van der Waals surface area contributed by atoms with Crippen LogP contribution in [-0.2, 0) is 0 Å². The predicted molar refractivity (Wildman–Crippen MR) is 84.2 cm³/mol. The van der Waals surface area contributed by atoms with Gasteiger partial charge in [-0.3, -0.25) is 4.79 Å². The van der Waals surface area contributed by atoms with E-state index in [0.717, 1.165) is 0 Å². The normalized spacial score (nSPS) is 8.57. The van der Waals surface area contributed by atoms with Crippen LogP contribution in [0.4, 0.5) is 0 Å². The third kappa shape index (κ3) is 7.01. The zero-order valence-corrected chi connectivity index (χ0v) is 12.8. The van der Waals surface area contributed by atoms with Crippen molar-refractivity contribution in [3.63, 3.8) is 0 Å². The lowest BCUT2D eigenvalue weighted by Crippen LogP contribution is -1.85. The minimum Gasteiger partial charge on any atom is -0.508 e. The number of phenols is 2. The van der Waals surface area contributed by atoms with Crippen LogP contribution >= 0.6 is 0 Å². The Morgan fingerprint density at radius 2 is 1.57 bits per heavy atom. The second kappa shape index (κ2) is 10.3. The molecule has 0 spiro atoms. The van der Waals surface area contributed by atoms with E-state index in [0.29, 0.717) is 17.8 Å². The van der Waals surface area contributed by atoms with Gasteiger partial charge >= 0.3 is 0 Å². The number of aromatic hydroxyl groups is 2. The zero-order valence-electron chi connectivity index (χ0n) is 12.8. The van der Waals surface area contributed by atoms with Crippen LogP contribution in [0.2, 0.25) is 0 Å².